The Balaban J connectivity index is 2.06. The van der Waals surface area contributed by atoms with Crippen molar-refractivity contribution in [1.82, 2.24) is 0 Å². The topological polar surface area (TPSA) is 52.6 Å². The van der Waals surface area contributed by atoms with Crippen LogP contribution < -0.4 is 0 Å². The predicted octanol–water partition coefficient (Wildman–Crippen LogP) is 3.15. The van der Waals surface area contributed by atoms with Crippen LogP contribution in [0.15, 0.2) is 24.3 Å². The van der Waals surface area contributed by atoms with Crippen LogP contribution in [-0.4, -0.2) is 30.2 Å². The highest BCUT2D eigenvalue weighted by molar-refractivity contribution is 8.18. The van der Waals surface area contributed by atoms with Crippen molar-refractivity contribution in [3.8, 4) is 0 Å². The molecule has 0 N–H and O–H groups in total. The Morgan fingerprint density at radius 3 is 2.63 bits per heavy atom. The van der Waals surface area contributed by atoms with E-state index in [4.69, 9.17) is 4.74 Å². The van der Waals surface area contributed by atoms with Crippen molar-refractivity contribution in [2.24, 2.45) is 0 Å². The van der Waals surface area contributed by atoms with Gasteiger partial charge in [-0.25, -0.2) is 4.79 Å². The van der Waals surface area contributed by atoms with E-state index < -0.39 is 11.6 Å². The molecule has 1 aliphatic rings. The number of carbonyl (C=O) groups is 2. The maximum atomic E-state index is 11.7. The number of Topliss-reactive ketones (excluding diaryl/α,β-unsaturated/α-hetero) is 1. The molecule has 1 aromatic rings. The summed E-state index contributed by atoms with van der Waals surface area (Å²) >= 11 is 2.88. The van der Waals surface area contributed by atoms with E-state index in [0.29, 0.717) is 5.75 Å². The highest BCUT2D eigenvalue weighted by Crippen LogP contribution is 2.46. The van der Waals surface area contributed by atoms with Crippen molar-refractivity contribution >= 4 is 35.5 Å². The third-order valence-electron chi connectivity index (χ3n) is 2.61. The lowest BCUT2D eigenvalue weighted by Crippen LogP contribution is -2.29. The van der Waals surface area contributed by atoms with Gasteiger partial charge in [-0.1, -0.05) is 41.6 Å². The molecule has 1 aliphatic heterocycles. The van der Waals surface area contributed by atoms with Crippen molar-refractivity contribution in [1.29, 1.82) is 0 Å². The van der Waals surface area contributed by atoms with Gasteiger partial charge in [-0.15, -0.1) is 11.8 Å². The number of ether oxygens (including phenoxy) is 2. The zero-order valence-electron chi connectivity index (χ0n) is 10.6. The van der Waals surface area contributed by atoms with E-state index in [-0.39, 0.29) is 10.4 Å². The second-order valence-electron chi connectivity index (χ2n) is 4.06. The number of aryl methyl sites for hydroxylation is 1. The fraction of sp³-hybridized carbons (Fsp3) is 0.385. The van der Waals surface area contributed by atoms with Gasteiger partial charge in [0.25, 0.3) is 0 Å². The van der Waals surface area contributed by atoms with Crippen LogP contribution in [0.3, 0.4) is 0 Å². The van der Waals surface area contributed by atoms with Gasteiger partial charge in [0.2, 0.25) is 5.44 Å². The van der Waals surface area contributed by atoms with Gasteiger partial charge in [-0.3, -0.25) is 4.79 Å². The smallest absolute Gasteiger partial charge is 0.438 e. The summed E-state index contributed by atoms with van der Waals surface area (Å²) in [5.74, 6) is 0.247. The van der Waals surface area contributed by atoms with Gasteiger partial charge in [-0.05, 0) is 12.5 Å². The second-order valence-corrected chi connectivity index (χ2v) is 6.62. The molecule has 1 heterocycles. The molecule has 0 aromatic heterocycles. The Hall–Kier alpha value is -1.14. The molecule has 102 valence electrons. The summed E-state index contributed by atoms with van der Waals surface area (Å²) in [7, 11) is 1.23. The first-order chi connectivity index (χ1) is 9.10. The molecular formula is C13H14O4S2. The zero-order chi connectivity index (χ0) is 13.8. The minimum Gasteiger partial charge on any atom is -0.438 e. The van der Waals surface area contributed by atoms with E-state index in [1.54, 1.807) is 11.8 Å². The first-order valence-corrected chi connectivity index (χ1v) is 7.70. The molecule has 0 aliphatic carbocycles. The number of carbonyl (C=O) groups excluding carboxylic acids is 2. The summed E-state index contributed by atoms with van der Waals surface area (Å²) in [5, 5.41) is 0. The summed E-state index contributed by atoms with van der Waals surface area (Å²) in [6.07, 6.45) is -0.819. The number of thioether (sulfide) groups is 2. The number of methoxy groups -OCH3 is 1. The molecule has 19 heavy (non-hydrogen) atoms. The molecule has 1 fully saturated rings. The third kappa shape index (κ3) is 3.67. The monoisotopic (exact) mass is 298 g/mol. The molecule has 0 radical (unpaired) electrons. The normalized spacial score (nSPS) is 22.9. The lowest BCUT2D eigenvalue weighted by atomic mass is 10.2. The third-order valence-corrected chi connectivity index (χ3v) is 5.50. The Morgan fingerprint density at radius 1 is 1.32 bits per heavy atom. The SMILES string of the molecule is COC(=O)OC1SC(c2ccc(C)cc2)SCC1=O. The molecule has 6 heteroatoms. The summed E-state index contributed by atoms with van der Waals surface area (Å²) in [4.78, 5) is 22.8. The quantitative estimate of drug-likeness (QED) is 0.782. The standard InChI is InChI=1S/C13H14O4S2/c1-8-3-5-9(6-4-8)12-18-7-10(14)11(19-12)17-13(15)16-2/h3-6,11-12H,7H2,1-2H3. The molecule has 0 amide bonds. The fourth-order valence-corrected chi connectivity index (χ4v) is 4.23. The summed E-state index contributed by atoms with van der Waals surface area (Å²) < 4.78 is 9.48. The van der Waals surface area contributed by atoms with Gasteiger partial charge < -0.3 is 9.47 Å². The van der Waals surface area contributed by atoms with Crippen molar-refractivity contribution < 1.29 is 19.1 Å². The molecule has 1 aromatic carbocycles. The molecular weight excluding hydrogens is 284 g/mol. The van der Waals surface area contributed by atoms with E-state index in [1.165, 1.54) is 24.4 Å². The Bertz CT molecular complexity index is 472. The van der Waals surface area contributed by atoms with E-state index in [1.807, 2.05) is 31.2 Å². The second kappa shape index (κ2) is 6.34. The van der Waals surface area contributed by atoms with Crippen LogP contribution in [0.4, 0.5) is 4.79 Å². The van der Waals surface area contributed by atoms with Gasteiger partial charge in [0.1, 0.15) is 0 Å². The van der Waals surface area contributed by atoms with Crippen LogP contribution in [0.25, 0.3) is 0 Å². The molecule has 0 bridgehead atoms. The van der Waals surface area contributed by atoms with Gasteiger partial charge in [0, 0.05) is 0 Å². The molecule has 2 atom stereocenters. The van der Waals surface area contributed by atoms with Crippen LogP contribution in [0, 0.1) is 6.92 Å². The maximum absolute atomic E-state index is 11.7. The van der Waals surface area contributed by atoms with Gasteiger partial charge in [-0.2, -0.15) is 0 Å². The van der Waals surface area contributed by atoms with Crippen LogP contribution in [0.1, 0.15) is 15.7 Å². The van der Waals surface area contributed by atoms with E-state index >= 15 is 0 Å². The lowest BCUT2D eigenvalue weighted by molar-refractivity contribution is -0.121. The first kappa shape index (κ1) is 14.3. The van der Waals surface area contributed by atoms with Crippen molar-refractivity contribution in [3.05, 3.63) is 35.4 Å². The average Bonchev–Trinajstić information content (AvgIpc) is 2.42. The average molecular weight is 298 g/mol. The first-order valence-electron chi connectivity index (χ1n) is 5.71. The van der Waals surface area contributed by atoms with Crippen molar-refractivity contribution in [3.63, 3.8) is 0 Å². The Morgan fingerprint density at radius 2 is 2.00 bits per heavy atom. The largest absolute Gasteiger partial charge is 0.509 e. The summed E-state index contributed by atoms with van der Waals surface area (Å²) in [5.41, 5.74) is 1.53. The van der Waals surface area contributed by atoms with Crippen LogP contribution >= 0.6 is 23.5 Å². The Labute approximate surface area is 120 Å². The van der Waals surface area contributed by atoms with E-state index in [0.717, 1.165) is 5.56 Å². The highest BCUT2D eigenvalue weighted by atomic mass is 32.2. The summed E-state index contributed by atoms with van der Waals surface area (Å²) in [6.45, 7) is 2.03. The number of rotatable bonds is 2. The van der Waals surface area contributed by atoms with Crippen molar-refractivity contribution in [2.75, 3.05) is 12.9 Å². The zero-order valence-corrected chi connectivity index (χ0v) is 12.3. The van der Waals surface area contributed by atoms with Gasteiger partial charge in [0.15, 0.2) is 5.78 Å². The number of hydrogen-bond donors (Lipinski definition) is 0. The minimum absolute atomic E-state index is 0.0907. The molecule has 4 nitrogen and oxygen atoms in total. The number of benzene rings is 1. The molecule has 0 saturated carbocycles. The van der Waals surface area contributed by atoms with Crippen LogP contribution in [0.5, 0.6) is 0 Å². The Kier molecular flexibility index (Phi) is 4.76. The molecule has 2 rings (SSSR count). The number of hydrogen-bond acceptors (Lipinski definition) is 6. The minimum atomic E-state index is -0.819. The molecule has 1 saturated heterocycles. The van der Waals surface area contributed by atoms with Crippen molar-refractivity contribution in [2.45, 2.75) is 16.9 Å². The van der Waals surface area contributed by atoms with E-state index in [2.05, 4.69) is 4.74 Å². The molecule has 2 unspecified atom stereocenters. The predicted molar refractivity (Wildman–Crippen MR) is 76.3 cm³/mol. The fourth-order valence-electron chi connectivity index (χ4n) is 1.58. The highest BCUT2D eigenvalue weighted by Gasteiger charge is 2.33. The van der Waals surface area contributed by atoms with E-state index in [9.17, 15) is 9.59 Å². The molecule has 0 spiro atoms. The number of ketones is 1. The summed E-state index contributed by atoms with van der Waals surface area (Å²) in [6, 6.07) is 8.13. The van der Waals surface area contributed by atoms with Crippen LogP contribution in [0.2, 0.25) is 0 Å². The lowest BCUT2D eigenvalue weighted by Gasteiger charge is -2.26. The maximum Gasteiger partial charge on any atom is 0.509 e. The van der Waals surface area contributed by atoms with Crippen LogP contribution in [-0.2, 0) is 14.3 Å². The van der Waals surface area contributed by atoms with Gasteiger partial charge in [0.05, 0.1) is 17.4 Å². The van der Waals surface area contributed by atoms with Gasteiger partial charge >= 0.3 is 6.16 Å².